The van der Waals surface area contributed by atoms with Gasteiger partial charge in [0.2, 0.25) is 0 Å². The van der Waals surface area contributed by atoms with E-state index in [4.69, 9.17) is 0 Å². The molecule has 1 aromatic heterocycles. The zero-order valence-electron chi connectivity index (χ0n) is 11.8. The number of allylic oxidation sites excluding steroid dienone is 3. The molecular formula is C15H26N2. The van der Waals surface area contributed by atoms with Crippen LogP contribution in [0.15, 0.2) is 48.8 Å². The zero-order chi connectivity index (χ0) is 13.4. The van der Waals surface area contributed by atoms with Gasteiger partial charge in [0.05, 0.1) is 12.2 Å². The van der Waals surface area contributed by atoms with E-state index < -0.39 is 0 Å². The molecule has 96 valence electrons. The van der Waals surface area contributed by atoms with Crippen molar-refractivity contribution >= 4 is 0 Å². The molecule has 2 nitrogen and oxygen atoms in total. The first-order chi connectivity index (χ1) is 8.43. The highest BCUT2D eigenvalue weighted by molar-refractivity contribution is 5.05. The number of hydrogen-bond acceptors (Lipinski definition) is 2. The van der Waals surface area contributed by atoms with E-state index >= 15 is 0 Å². The van der Waals surface area contributed by atoms with Crippen molar-refractivity contribution in [3.63, 3.8) is 0 Å². The van der Waals surface area contributed by atoms with Crippen molar-refractivity contribution in [3.8, 4) is 0 Å². The summed E-state index contributed by atoms with van der Waals surface area (Å²) in [6.45, 7) is 10.8. The van der Waals surface area contributed by atoms with E-state index in [2.05, 4.69) is 10.3 Å². The highest BCUT2D eigenvalue weighted by Crippen LogP contribution is 1.91. The van der Waals surface area contributed by atoms with Gasteiger partial charge in [-0.15, -0.1) is 0 Å². The van der Waals surface area contributed by atoms with Crippen LogP contribution >= 0.6 is 0 Å². The summed E-state index contributed by atoms with van der Waals surface area (Å²) in [5.41, 5.74) is 1.05. The lowest BCUT2D eigenvalue weighted by atomic mass is 10.3. The number of hydrogen-bond donors (Lipinski definition) is 1. The maximum absolute atomic E-state index is 4.18. The van der Waals surface area contributed by atoms with Crippen LogP contribution in [-0.4, -0.2) is 4.98 Å². The Balaban J connectivity index is 0. The molecule has 0 saturated carbocycles. The molecule has 17 heavy (non-hydrogen) atoms. The lowest BCUT2D eigenvalue weighted by Crippen LogP contribution is -2.05. The molecule has 0 atom stereocenters. The van der Waals surface area contributed by atoms with Gasteiger partial charge < -0.3 is 5.32 Å². The van der Waals surface area contributed by atoms with Crippen molar-refractivity contribution in [1.29, 1.82) is 0 Å². The fourth-order valence-corrected chi connectivity index (χ4v) is 0.901. The highest BCUT2D eigenvalue weighted by atomic mass is 14.9. The molecule has 1 aromatic rings. The molecule has 1 rings (SSSR count). The van der Waals surface area contributed by atoms with E-state index in [0.717, 1.165) is 12.2 Å². The quantitative estimate of drug-likeness (QED) is 0.785. The molecule has 1 N–H and O–H groups in total. The van der Waals surface area contributed by atoms with Crippen LogP contribution in [0.5, 0.6) is 0 Å². The maximum atomic E-state index is 4.18. The number of pyridine rings is 1. The monoisotopic (exact) mass is 234 g/mol. The minimum absolute atomic E-state index is 0.773. The lowest BCUT2D eigenvalue weighted by Gasteiger charge is -1.98. The summed E-state index contributed by atoms with van der Waals surface area (Å²) in [5, 5.41) is 3.14. The third kappa shape index (κ3) is 12.4. The SMILES string of the molecule is C/C=C\C=C/NCc1ccccn1.CC.CC. The van der Waals surface area contributed by atoms with Crippen LogP contribution in [0.2, 0.25) is 0 Å². The van der Waals surface area contributed by atoms with E-state index in [1.54, 1.807) is 6.20 Å². The third-order valence-electron chi connectivity index (χ3n) is 1.53. The Morgan fingerprint density at radius 3 is 2.35 bits per heavy atom. The molecule has 0 aliphatic carbocycles. The average molecular weight is 234 g/mol. The molecule has 0 saturated heterocycles. The lowest BCUT2D eigenvalue weighted by molar-refractivity contribution is 0.836. The van der Waals surface area contributed by atoms with Crippen LogP contribution in [0.25, 0.3) is 0 Å². The molecule has 0 radical (unpaired) electrons. The van der Waals surface area contributed by atoms with Gasteiger partial charge in [-0.2, -0.15) is 0 Å². The van der Waals surface area contributed by atoms with Gasteiger partial charge in [0.1, 0.15) is 0 Å². The predicted octanol–water partition coefficient (Wildman–Crippen LogP) is 4.31. The van der Waals surface area contributed by atoms with Gasteiger partial charge in [-0.3, -0.25) is 4.98 Å². The molecule has 0 aliphatic heterocycles. The minimum Gasteiger partial charge on any atom is -0.385 e. The first-order valence-electron chi connectivity index (χ1n) is 6.34. The maximum Gasteiger partial charge on any atom is 0.0594 e. The molecule has 2 heteroatoms. The fourth-order valence-electron chi connectivity index (χ4n) is 0.901. The second-order valence-corrected chi connectivity index (χ2v) is 2.59. The van der Waals surface area contributed by atoms with Crippen molar-refractivity contribution in [1.82, 2.24) is 10.3 Å². The number of nitrogens with one attached hydrogen (secondary N) is 1. The summed E-state index contributed by atoms with van der Waals surface area (Å²) in [6, 6.07) is 5.90. The van der Waals surface area contributed by atoms with Crippen LogP contribution in [-0.2, 0) is 6.54 Å². The molecule has 0 fully saturated rings. The van der Waals surface area contributed by atoms with E-state index in [1.807, 2.05) is 77.2 Å². The summed E-state index contributed by atoms with van der Waals surface area (Å²) in [7, 11) is 0. The Kier molecular flexibility index (Phi) is 17.7. The molecule has 0 unspecified atom stereocenters. The van der Waals surface area contributed by atoms with E-state index in [1.165, 1.54) is 0 Å². The summed E-state index contributed by atoms with van der Waals surface area (Å²) in [4.78, 5) is 4.18. The van der Waals surface area contributed by atoms with Gasteiger partial charge in [0.15, 0.2) is 0 Å². The standard InChI is InChI=1S/C11H14N2.2C2H6/c1-2-3-5-8-12-10-11-7-4-6-9-13-11;2*1-2/h2-9,12H,10H2,1H3;2*1-2H3/b3-2-,8-5-;;. The van der Waals surface area contributed by atoms with Crippen molar-refractivity contribution in [3.05, 3.63) is 54.5 Å². The molecular weight excluding hydrogens is 208 g/mol. The Morgan fingerprint density at radius 1 is 1.12 bits per heavy atom. The largest absolute Gasteiger partial charge is 0.385 e. The predicted molar refractivity (Wildman–Crippen MR) is 77.7 cm³/mol. The average Bonchev–Trinajstić information content (AvgIpc) is 2.44. The van der Waals surface area contributed by atoms with Crippen molar-refractivity contribution < 1.29 is 0 Å². The Labute approximate surface area is 106 Å². The number of aromatic nitrogens is 1. The third-order valence-corrected chi connectivity index (χ3v) is 1.53. The fraction of sp³-hybridized carbons (Fsp3) is 0.400. The minimum atomic E-state index is 0.773. The van der Waals surface area contributed by atoms with Gasteiger partial charge >= 0.3 is 0 Å². The normalized spacial score (nSPS) is 9.24. The highest BCUT2D eigenvalue weighted by Gasteiger charge is 1.86. The van der Waals surface area contributed by atoms with E-state index in [9.17, 15) is 0 Å². The van der Waals surface area contributed by atoms with Gasteiger partial charge in [-0.05, 0) is 31.3 Å². The Bertz CT molecular complexity index is 276. The second kappa shape index (κ2) is 16.8. The van der Waals surface area contributed by atoms with Crippen molar-refractivity contribution in [2.75, 3.05) is 0 Å². The van der Waals surface area contributed by atoms with Gasteiger partial charge in [0.25, 0.3) is 0 Å². The van der Waals surface area contributed by atoms with Gasteiger partial charge in [-0.25, -0.2) is 0 Å². The van der Waals surface area contributed by atoms with Gasteiger partial charge in [-0.1, -0.05) is 45.9 Å². The molecule has 0 bridgehead atoms. The van der Waals surface area contributed by atoms with Crippen LogP contribution in [0.4, 0.5) is 0 Å². The summed E-state index contributed by atoms with van der Waals surface area (Å²) >= 11 is 0. The Hall–Kier alpha value is -1.57. The summed E-state index contributed by atoms with van der Waals surface area (Å²) < 4.78 is 0. The van der Waals surface area contributed by atoms with Crippen LogP contribution in [0.3, 0.4) is 0 Å². The van der Waals surface area contributed by atoms with E-state index in [-0.39, 0.29) is 0 Å². The van der Waals surface area contributed by atoms with Crippen LogP contribution in [0.1, 0.15) is 40.3 Å². The topological polar surface area (TPSA) is 24.9 Å². The second-order valence-electron chi connectivity index (χ2n) is 2.59. The first-order valence-corrected chi connectivity index (χ1v) is 6.34. The molecule has 0 spiro atoms. The van der Waals surface area contributed by atoms with Crippen LogP contribution in [0, 0.1) is 0 Å². The molecule has 1 heterocycles. The van der Waals surface area contributed by atoms with E-state index in [0.29, 0.717) is 0 Å². The molecule has 0 amide bonds. The number of nitrogens with zero attached hydrogens (tertiary/aromatic N) is 1. The van der Waals surface area contributed by atoms with Crippen molar-refractivity contribution in [2.45, 2.75) is 41.2 Å². The smallest absolute Gasteiger partial charge is 0.0594 e. The first kappa shape index (κ1) is 17.8. The zero-order valence-corrected chi connectivity index (χ0v) is 11.8. The molecule has 0 aromatic carbocycles. The Morgan fingerprint density at radius 2 is 1.82 bits per heavy atom. The van der Waals surface area contributed by atoms with Crippen LogP contribution < -0.4 is 5.32 Å². The summed E-state index contributed by atoms with van der Waals surface area (Å²) in [5.74, 6) is 0. The molecule has 0 aliphatic rings. The number of rotatable bonds is 4. The summed E-state index contributed by atoms with van der Waals surface area (Å²) in [6.07, 6.45) is 9.63. The van der Waals surface area contributed by atoms with Gasteiger partial charge in [0, 0.05) is 6.20 Å². The van der Waals surface area contributed by atoms with Crippen molar-refractivity contribution in [2.24, 2.45) is 0 Å².